The van der Waals surface area contributed by atoms with Gasteiger partial charge in [-0.1, -0.05) is 11.6 Å². The summed E-state index contributed by atoms with van der Waals surface area (Å²) in [7, 11) is 0. The van der Waals surface area contributed by atoms with Crippen molar-refractivity contribution in [2.75, 3.05) is 0 Å². The van der Waals surface area contributed by atoms with Gasteiger partial charge in [-0.2, -0.15) is 5.26 Å². The number of fused-ring (bicyclic) bond motifs is 1. The summed E-state index contributed by atoms with van der Waals surface area (Å²) in [4.78, 5) is 8.68. The first kappa shape index (κ1) is 17.5. The Morgan fingerprint density at radius 2 is 1.96 bits per heavy atom. The van der Waals surface area contributed by atoms with Gasteiger partial charge in [-0.25, -0.2) is 4.98 Å². The molecule has 0 saturated heterocycles. The molecular weight excluding hydrogens is 380 g/mol. The van der Waals surface area contributed by atoms with Gasteiger partial charge in [0.25, 0.3) is 0 Å². The summed E-state index contributed by atoms with van der Waals surface area (Å²) in [6.07, 6.45) is 3.46. The van der Waals surface area contributed by atoms with Crippen LogP contribution < -0.4 is 0 Å². The van der Waals surface area contributed by atoms with E-state index >= 15 is 0 Å². The molecule has 0 saturated carbocycles. The summed E-state index contributed by atoms with van der Waals surface area (Å²) in [6, 6.07) is 13.1. The number of pyridine rings is 2. The van der Waals surface area contributed by atoms with Crippen molar-refractivity contribution in [3.8, 4) is 17.5 Å². The minimum Gasteiger partial charge on any atom is -0.302 e. The van der Waals surface area contributed by atoms with Crippen LogP contribution >= 0.6 is 23.4 Å². The van der Waals surface area contributed by atoms with Crippen LogP contribution in [0.2, 0.25) is 5.02 Å². The van der Waals surface area contributed by atoms with Crippen molar-refractivity contribution in [2.45, 2.75) is 23.7 Å². The van der Waals surface area contributed by atoms with Crippen LogP contribution in [0.25, 0.3) is 22.3 Å². The SMILES string of the molecule is CCn1c(Sc2cc(C#N)c3cc(Cl)ccc3n2)nnc1-c1ccncc1. The molecule has 4 rings (SSSR count). The molecule has 27 heavy (non-hydrogen) atoms. The van der Waals surface area contributed by atoms with Gasteiger partial charge in [0, 0.05) is 34.9 Å². The molecule has 0 unspecified atom stereocenters. The first-order chi connectivity index (χ1) is 13.2. The van der Waals surface area contributed by atoms with E-state index in [1.165, 1.54) is 11.8 Å². The summed E-state index contributed by atoms with van der Waals surface area (Å²) in [6.45, 7) is 2.75. The number of aromatic nitrogens is 5. The molecule has 3 heterocycles. The molecule has 0 aliphatic rings. The third kappa shape index (κ3) is 3.37. The van der Waals surface area contributed by atoms with E-state index in [9.17, 15) is 5.26 Å². The lowest BCUT2D eigenvalue weighted by molar-refractivity contribution is 0.687. The molecule has 0 bridgehead atoms. The van der Waals surface area contributed by atoms with Crippen molar-refractivity contribution in [1.29, 1.82) is 5.26 Å². The average Bonchev–Trinajstić information content (AvgIpc) is 3.10. The van der Waals surface area contributed by atoms with Crippen LogP contribution in [0.3, 0.4) is 0 Å². The lowest BCUT2D eigenvalue weighted by Gasteiger charge is -2.08. The molecule has 4 aromatic rings. The topological polar surface area (TPSA) is 80.3 Å². The number of nitrogens with zero attached hydrogens (tertiary/aromatic N) is 6. The number of nitriles is 1. The number of hydrogen-bond acceptors (Lipinski definition) is 6. The molecule has 0 aliphatic carbocycles. The third-order valence-electron chi connectivity index (χ3n) is 4.04. The molecular formula is C19H13ClN6S. The molecule has 8 heteroatoms. The largest absolute Gasteiger partial charge is 0.302 e. The highest BCUT2D eigenvalue weighted by Gasteiger charge is 2.15. The fourth-order valence-electron chi connectivity index (χ4n) is 2.78. The molecule has 0 spiro atoms. The minimum atomic E-state index is 0.530. The average molecular weight is 393 g/mol. The van der Waals surface area contributed by atoms with Crippen molar-refractivity contribution in [2.24, 2.45) is 0 Å². The zero-order valence-electron chi connectivity index (χ0n) is 14.3. The van der Waals surface area contributed by atoms with Crippen LogP contribution in [0.4, 0.5) is 0 Å². The van der Waals surface area contributed by atoms with Crippen LogP contribution in [0.15, 0.2) is 59.0 Å². The lowest BCUT2D eigenvalue weighted by atomic mass is 10.1. The van der Waals surface area contributed by atoms with E-state index in [4.69, 9.17) is 11.6 Å². The Hall–Kier alpha value is -2.95. The van der Waals surface area contributed by atoms with Crippen molar-refractivity contribution in [1.82, 2.24) is 24.7 Å². The summed E-state index contributed by atoms with van der Waals surface area (Å²) in [5, 5.41) is 20.9. The zero-order valence-corrected chi connectivity index (χ0v) is 15.9. The van der Waals surface area contributed by atoms with Gasteiger partial charge in [0.05, 0.1) is 17.1 Å². The standard InChI is InChI=1S/C19H13ClN6S/c1-2-26-18(12-5-7-22-8-6-12)24-25-19(26)27-17-9-13(11-21)15-10-14(20)3-4-16(15)23-17/h3-10H,2H2,1H3. The minimum absolute atomic E-state index is 0.530. The van der Waals surface area contributed by atoms with Gasteiger partial charge in [0.2, 0.25) is 0 Å². The van der Waals surface area contributed by atoms with E-state index in [0.29, 0.717) is 27.3 Å². The summed E-state index contributed by atoms with van der Waals surface area (Å²) in [5.41, 5.74) is 2.20. The lowest BCUT2D eigenvalue weighted by Crippen LogP contribution is -2.00. The van der Waals surface area contributed by atoms with Crippen LogP contribution in [0.1, 0.15) is 12.5 Å². The van der Waals surface area contributed by atoms with E-state index in [1.807, 2.05) is 29.7 Å². The predicted octanol–water partition coefficient (Wildman–Crippen LogP) is 4.58. The van der Waals surface area contributed by atoms with Crippen molar-refractivity contribution >= 4 is 34.3 Å². The van der Waals surface area contributed by atoms with Crippen molar-refractivity contribution in [3.63, 3.8) is 0 Å². The quantitative estimate of drug-likeness (QED) is 0.505. The predicted molar refractivity (Wildman–Crippen MR) is 105 cm³/mol. The monoisotopic (exact) mass is 392 g/mol. The van der Waals surface area contributed by atoms with Gasteiger partial charge >= 0.3 is 0 Å². The van der Waals surface area contributed by atoms with E-state index in [2.05, 4.69) is 26.2 Å². The number of rotatable bonds is 4. The Labute approximate surface area is 164 Å². The van der Waals surface area contributed by atoms with Gasteiger partial charge in [-0.3, -0.25) is 4.98 Å². The maximum atomic E-state index is 9.50. The molecule has 3 aromatic heterocycles. The Balaban J connectivity index is 1.76. The normalized spacial score (nSPS) is 10.9. The van der Waals surface area contributed by atoms with E-state index in [-0.39, 0.29) is 0 Å². The zero-order chi connectivity index (χ0) is 18.8. The Morgan fingerprint density at radius 3 is 2.70 bits per heavy atom. The van der Waals surface area contributed by atoms with Gasteiger partial charge in [-0.05, 0) is 55.1 Å². The molecule has 0 amide bonds. The van der Waals surface area contributed by atoms with E-state index in [0.717, 1.165) is 22.3 Å². The van der Waals surface area contributed by atoms with Gasteiger partial charge in [0.15, 0.2) is 11.0 Å². The Morgan fingerprint density at radius 1 is 1.15 bits per heavy atom. The molecule has 0 radical (unpaired) electrons. The number of benzene rings is 1. The maximum Gasteiger partial charge on any atom is 0.197 e. The Kier molecular flexibility index (Phi) is 4.75. The molecule has 132 valence electrons. The molecule has 6 nitrogen and oxygen atoms in total. The van der Waals surface area contributed by atoms with Gasteiger partial charge in [0.1, 0.15) is 5.03 Å². The van der Waals surface area contributed by atoms with Gasteiger partial charge in [-0.15, -0.1) is 10.2 Å². The van der Waals surface area contributed by atoms with Crippen LogP contribution in [0.5, 0.6) is 0 Å². The smallest absolute Gasteiger partial charge is 0.197 e. The second-order valence-corrected chi connectivity index (χ2v) is 7.09. The van der Waals surface area contributed by atoms with E-state index < -0.39 is 0 Å². The maximum absolute atomic E-state index is 9.50. The first-order valence-electron chi connectivity index (χ1n) is 8.21. The fourth-order valence-corrected chi connectivity index (χ4v) is 3.86. The fraction of sp³-hybridized carbons (Fsp3) is 0.105. The molecule has 1 aromatic carbocycles. The Bertz CT molecular complexity index is 1170. The van der Waals surface area contributed by atoms with Crippen LogP contribution in [0, 0.1) is 11.3 Å². The summed E-state index contributed by atoms with van der Waals surface area (Å²) < 4.78 is 2.01. The highest BCUT2D eigenvalue weighted by molar-refractivity contribution is 7.99. The summed E-state index contributed by atoms with van der Waals surface area (Å²) >= 11 is 7.43. The van der Waals surface area contributed by atoms with E-state index in [1.54, 1.807) is 30.6 Å². The van der Waals surface area contributed by atoms with Gasteiger partial charge < -0.3 is 4.57 Å². The molecule has 0 N–H and O–H groups in total. The van der Waals surface area contributed by atoms with Crippen LogP contribution in [-0.2, 0) is 6.54 Å². The van der Waals surface area contributed by atoms with Crippen molar-refractivity contribution in [3.05, 3.63) is 59.4 Å². The third-order valence-corrected chi connectivity index (χ3v) is 5.17. The second kappa shape index (κ2) is 7.35. The highest BCUT2D eigenvalue weighted by atomic mass is 35.5. The highest BCUT2D eigenvalue weighted by Crippen LogP contribution is 2.31. The number of halogens is 1. The van der Waals surface area contributed by atoms with Crippen LogP contribution in [-0.4, -0.2) is 24.7 Å². The summed E-state index contributed by atoms with van der Waals surface area (Å²) in [5.74, 6) is 0.774. The second-order valence-electron chi connectivity index (χ2n) is 5.67. The molecule has 0 atom stereocenters. The number of hydrogen-bond donors (Lipinski definition) is 0. The molecule has 0 fully saturated rings. The molecule has 0 aliphatic heterocycles. The first-order valence-corrected chi connectivity index (χ1v) is 9.41. The van der Waals surface area contributed by atoms with Crippen molar-refractivity contribution < 1.29 is 0 Å².